The Hall–Kier alpha value is -2.24. The van der Waals surface area contributed by atoms with Gasteiger partial charge in [-0.3, -0.25) is 14.5 Å². The number of ketones is 1. The van der Waals surface area contributed by atoms with Gasteiger partial charge in [-0.15, -0.1) is 0 Å². The molecule has 1 aliphatic rings. The van der Waals surface area contributed by atoms with Gasteiger partial charge in [0.2, 0.25) is 0 Å². The van der Waals surface area contributed by atoms with Gasteiger partial charge in [-0.05, 0) is 31.0 Å². The summed E-state index contributed by atoms with van der Waals surface area (Å²) in [6.45, 7) is 3.43. The number of hydrogen-bond acceptors (Lipinski definition) is 4. The number of benzene rings is 1. The zero-order valence-electron chi connectivity index (χ0n) is 11.2. The molecule has 1 aliphatic heterocycles. The molecule has 0 bridgehead atoms. The molecule has 5 nitrogen and oxygen atoms in total. The first-order valence-corrected chi connectivity index (χ1v) is 6.32. The minimum atomic E-state index is -2.31. The molecule has 0 aromatic heterocycles. The SMILES string of the molecule is CCOC(=O)C(F)N1C(=O)C(=O)c2cc(CC)ccc21. The summed E-state index contributed by atoms with van der Waals surface area (Å²) in [6.07, 6.45) is -1.62. The summed E-state index contributed by atoms with van der Waals surface area (Å²) in [4.78, 5) is 35.7. The Morgan fingerprint density at radius 3 is 2.65 bits per heavy atom. The number of halogens is 1. The molecule has 1 amide bonds. The van der Waals surface area contributed by atoms with Crippen LogP contribution in [-0.2, 0) is 20.7 Å². The van der Waals surface area contributed by atoms with Gasteiger partial charge in [0.25, 0.3) is 12.1 Å². The molecule has 6 heteroatoms. The van der Waals surface area contributed by atoms with Gasteiger partial charge in [-0.25, -0.2) is 9.18 Å². The van der Waals surface area contributed by atoms with E-state index in [2.05, 4.69) is 4.74 Å². The van der Waals surface area contributed by atoms with E-state index in [1.54, 1.807) is 12.1 Å². The minimum Gasteiger partial charge on any atom is -0.462 e. The van der Waals surface area contributed by atoms with Gasteiger partial charge in [-0.1, -0.05) is 13.0 Å². The topological polar surface area (TPSA) is 63.7 Å². The van der Waals surface area contributed by atoms with Gasteiger partial charge in [-0.2, -0.15) is 0 Å². The largest absolute Gasteiger partial charge is 0.462 e. The molecule has 0 aliphatic carbocycles. The van der Waals surface area contributed by atoms with Crippen molar-refractivity contribution in [2.75, 3.05) is 11.5 Å². The maximum absolute atomic E-state index is 14.1. The van der Waals surface area contributed by atoms with Crippen LogP contribution in [0.3, 0.4) is 0 Å². The molecule has 0 spiro atoms. The third-order valence-electron chi connectivity index (χ3n) is 3.09. The van der Waals surface area contributed by atoms with E-state index >= 15 is 0 Å². The number of rotatable bonds is 4. The molecule has 1 aromatic carbocycles. The minimum absolute atomic E-state index is 0.00312. The van der Waals surface area contributed by atoms with Crippen LogP contribution in [0, 0.1) is 0 Å². The lowest BCUT2D eigenvalue weighted by Crippen LogP contribution is -2.42. The quantitative estimate of drug-likeness (QED) is 0.477. The van der Waals surface area contributed by atoms with E-state index in [0.29, 0.717) is 11.3 Å². The normalized spacial score (nSPS) is 15.2. The number of nitrogens with zero attached hydrogens (tertiary/aromatic N) is 1. The van der Waals surface area contributed by atoms with Gasteiger partial charge < -0.3 is 4.74 Å². The van der Waals surface area contributed by atoms with Crippen LogP contribution in [0.4, 0.5) is 10.1 Å². The molecule has 1 aromatic rings. The number of aryl methyl sites for hydroxylation is 1. The fourth-order valence-electron chi connectivity index (χ4n) is 2.07. The molecule has 0 N–H and O–H groups in total. The smallest absolute Gasteiger partial charge is 0.362 e. The number of esters is 1. The first-order chi connectivity index (χ1) is 9.51. The Morgan fingerprint density at radius 1 is 1.35 bits per heavy atom. The van der Waals surface area contributed by atoms with E-state index in [0.717, 1.165) is 5.56 Å². The maximum atomic E-state index is 14.1. The Bertz CT molecular complexity index is 585. The van der Waals surface area contributed by atoms with E-state index in [1.165, 1.54) is 13.0 Å². The number of Topliss-reactive ketones (excluding diaryl/α,β-unsaturated/α-hetero) is 1. The van der Waals surface area contributed by atoms with Crippen LogP contribution < -0.4 is 4.90 Å². The van der Waals surface area contributed by atoms with Crippen LogP contribution in [0.2, 0.25) is 0 Å². The van der Waals surface area contributed by atoms with Crippen molar-refractivity contribution in [3.8, 4) is 0 Å². The third kappa shape index (κ3) is 2.17. The molecule has 0 fully saturated rings. The number of hydrogen-bond donors (Lipinski definition) is 0. The van der Waals surface area contributed by atoms with E-state index in [9.17, 15) is 18.8 Å². The summed E-state index contributed by atoms with van der Waals surface area (Å²) in [5, 5.41) is 0. The summed E-state index contributed by atoms with van der Waals surface area (Å²) in [6, 6.07) is 4.71. The Labute approximate surface area is 115 Å². The molecule has 0 saturated carbocycles. The summed E-state index contributed by atoms with van der Waals surface area (Å²) in [5.74, 6) is -3.03. The van der Waals surface area contributed by atoms with Crippen LogP contribution in [0.1, 0.15) is 29.8 Å². The average molecular weight is 279 g/mol. The van der Waals surface area contributed by atoms with E-state index in [-0.39, 0.29) is 17.9 Å². The number of carbonyl (C=O) groups excluding carboxylic acids is 3. The van der Waals surface area contributed by atoms with Crippen molar-refractivity contribution in [1.29, 1.82) is 0 Å². The van der Waals surface area contributed by atoms with Crippen molar-refractivity contribution in [2.24, 2.45) is 0 Å². The fraction of sp³-hybridized carbons (Fsp3) is 0.357. The zero-order valence-corrected chi connectivity index (χ0v) is 11.2. The Kier molecular flexibility index (Phi) is 3.83. The lowest BCUT2D eigenvalue weighted by atomic mass is 10.1. The number of amides is 1. The van der Waals surface area contributed by atoms with Crippen molar-refractivity contribution < 1.29 is 23.5 Å². The van der Waals surface area contributed by atoms with Crippen LogP contribution in [0.15, 0.2) is 18.2 Å². The molecule has 2 rings (SSSR count). The molecule has 0 radical (unpaired) electrons. The predicted molar refractivity (Wildman–Crippen MR) is 69.2 cm³/mol. The van der Waals surface area contributed by atoms with Crippen molar-refractivity contribution >= 4 is 23.3 Å². The molecule has 1 unspecified atom stereocenters. The molecule has 0 saturated heterocycles. The van der Waals surface area contributed by atoms with E-state index in [4.69, 9.17) is 0 Å². The van der Waals surface area contributed by atoms with Gasteiger partial charge in [0.05, 0.1) is 17.9 Å². The van der Waals surface area contributed by atoms with Gasteiger partial charge in [0.1, 0.15) is 0 Å². The highest BCUT2D eigenvalue weighted by molar-refractivity contribution is 6.52. The fourth-order valence-corrected chi connectivity index (χ4v) is 2.07. The van der Waals surface area contributed by atoms with Crippen molar-refractivity contribution in [1.82, 2.24) is 0 Å². The van der Waals surface area contributed by atoms with E-state index in [1.807, 2.05) is 6.92 Å². The number of anilines is 1. The van der Waals surface area contributed by atoms with Gasteiger partial charge >= 0.3 is 11.9 Å². The van der Waals surface area contributed by atoms with Gasteiger partial charge in [0.15, 0.2) is 0 Å². The average Bonchev–Trinajstić information content (AvgIpc) is 2.70. The lowest BCUT2D eigenvalue weighted by Gasteiger charge is -2.19. The van der Waals surface area contributed by atoms with Crippen LogP contribution in [0.25, 0.3) is 0 Å². The predicted octanol–water partition coefficient (Wildman–Crippen LogP) is 1.64. The Morgan fingerprint density at radius 2 is 2.05 bits per heavy atom. The highest BCUT2D eigenvalue weighted by Crippen LogP contribution is 2.32. The van der Waals surface area contributed by atoms with Crippen LogP contribution >= 0.6 is 0 Å². The molecular weight excluding hydrogens is 265 g/mol. The highest BCUT2D eigenvalue weighted by Gasteiger charge is 2.43. The monoisotopic (exact) mass is 279 g/mol. The highest BCUT2D eigenvalue weighted by atomic mass is 19.1. The first-order valence-electron chi connectivity index (χ1n) is 6.32. The number of alkyl halides is 1. The second-order valence-electron chi connectivity index (χ2n) is 4.30. The van der Waals surface area contributed by atoms with Crippen molar-refractivity contribution in [3.63, 3.8) is 0 Å². The Balaban J connectivity index is 2.41. The number of ether oxygens (including phenoxy) is 1. The molecule has 106 valence electrons. The lowest BCUT2D eigenvalue weighted by molar-refractivity contribution is -0.150. The zero-order chi connectivity index (χ0) is 14.9. The maximum Gasteiger partial charge on any atom is 0.362 e. The summed E-state index contributed by atoms with van der Waals surface area (Å²) < 4.78 is 18.6. The summed E-state index contributed by atoms with van der Waals surface area (Å²) >= 11 is 0. The van der Waals surface area contributed by atoms with Crippen LogP contribution in [-0.4, -0.2) is 30.6 Å². The number of carbonyl (C=O) groups is 3. The third-order valence-corrected chi connectivity index (χ3v) is 3.09. The van der Waals surface area contributed by atoms with Gasteiger partial charge in [0, 0.05) is 0 Å². The summed E-state index contributed by atoms with van der Waals surface area (Å²) in [7, 11) is 0. The molecule has 1 atom stereocenters. The molecule has 1 heterocycles. The van der Waals surface area contributed by atoms with E-state index < -0.39 is 24.0 Å². The summed E-state index contributed by atoms with van der Waals surface area (Å²) in [5.41, 5.74) is 1.09. The molecular formula is C14H14FNO4. The van der Waals surface area contributed by atoms with Crippen molar-refractivity contribution in [2.45, 2.75) is 26.6 Å². The second kappa shape index (κ2) is 5.40. The number of fused-ring (bicyclic) bond motifs is 1. The second-order valence-corrected chi connectivity index (χ2v) is 4.30. The standard InChI is InChI=1S/C14H14FNO4/c1-3-8-5-6-10-9(7-8)11(17)13(18)16(10)12(15)14(19)20-4-2/h5-7,12H,3-4H2,1-2H3. The van der Waals surface area contributed by atoms with Crippen molar-refractivity contribution in [3.05, 3.63) is 29.3 Å². The molecule has 20 heavy (non-hydrogen) atoms. The van der Waals surface area contributed by atoms with Crippen LogP contribution in [0.5, 0.6) is 0 Å². The first kappa shape index (κ1) is 14.2.